The highest BCUT2D eigenvalue weighted by Gasteiger charge is 2.11. The number of nitrogens with zero attached hydrogens (tertiary/aromatic N) is 6. The number of rotatable bonds is 7. The first kappa shape index (κ1) is 20.9. The summed E-state index contributed by atoms with van der Waals surface area (Å²) in [7, 11) is 0. The zero-order valence-corrected chi connectivity index (χ0v) is 18.5. The monoisotopic (exact) mass is 437 g/mol. The van der Waals surface area contributed by atoms with Crippen molar-refractivity contribution >= 4 is 23.2 Å². The molecule has 8 nitrogen and oxygen atoms in total. The number of hydrogen-bond acceptors (Lipinski definition) is 4. The number of carbonyl (C=O) groups is 1. The van der Waals surface area contributed by atoms with E-state index in [2.05, 4.69) is 20.6 Å². The number of halogens is 1. The lowest BCUT2D eigenvalue weighted by molar-refractivity contribution is 0.102. The van der Waals surface area contributed by atoms with Crippen molar-refractivity contribution in [1.29, 1.82) is 0 Å². The normalized spacial score (nSPS) is 11.1. The van der Waals surface area contributed by atoms with Gasteiger partial charge in [-0.05, 0) is 38.5 Å². The van der Waals surface area contributed by atoms with E-state index >= 15 is 0 Å². The Kier molecular flexibility index (Phi) is 5.90. The molecule has 0 bridgehead atoms. The van der Waals surface area contributed by atoms with Crippen LogP contribution in [-0.2, 0) is 19.6 Å². The molecule has 1 amide bonds. The summed E-state index contributed by atoms with van der Waals surface area (Å²) >= 11 is 6.22. The maximum atomic E-state index is 12.6. The van der Waals surface area contributed by atoms with Crippen LogP contribution >= 0.6 is 11.6 Å². The number of benzene rings is 1. The van der Waals surface area contributed by atoms with E-state index in [0.29, 0.717) is 29.4 Å². The van der Waals surface area contributed by atoms with E-state index in [9.17, 15) is 4.79 Å². The first-order chi connectivity index (χ1) is 14.9. The Labute approximate surface area is 185 Å². The average molecular weight is 438 g/mol. The fourth-order valence-electron chi connectivity index (χ4n) is 3.33. The highest BCUT2D eigenvalue weighted by Crippen LogP contribution is 2.20. The summed E-state index contributed by atoms with van der Waals surface area (Å²) < 4.78 is 5.51. The van der Waals surface area contributed by atoms with Crippen LogP contribution in [0.3, 0.4) is 0 Å². The van der Waals surface area contributed by atoms with E-state index < -0.39 is 0 Å². The zero-order valence-electron chi connectivity index (χ0n) is 17.7. The number of anilines is 1. The standard InChI is InChI=1S/C22H24ClN7O/c1-4-28-11-18(9-24-28)12-29-14-20(10-25-29)26-22(31)19-7-5-17(6-8-19)13-30-16(3)21(23)15(2)27-30/h5-11,14H,4,12-13H2,1-3H3,(H,26,31). The molecule has 0 aliphatic rings. The molecule has 31 heavy (non-hydrogen) atoms. The van der Waals surface area contributed by atoms with Crippen LogP contribution in [0.2, 0.25) is 5.02 Å². The van der Waals surface area contributed by atoms with Crippen molar-refractivity contribution < 1.29 is 4.79 Å². The van der Waals surface area contributed by atoms with Crippen molar-refractivity contribution in [3.05, 3.63) is 82.2 Å². The number of hydrogen-bond donors (Lipinski definition) is 1. The van der Waals surface area contributed by atoms with Gasteiger partial charge in [-0.25, -0.2) is 0 Å². The van der Waals surface area contributed by atoms with Crippen LogP contribution in [0, 0.1) is 13.8 Å². The topological polar surface area (TPSA) is 82.6 Å². The quantitative estimate of drug-likeness (QED) is 0.475. The second-order valence-corrected chi connectivity index (χ2v) is 7.80. The van der Waals surface area contributed by atoms with Crippen molar-refractivity contribution in [3.63, 3.8) is 0 Å². The van der Waals surface area contributed by atoms with Crippen LogP contribution in [0.25, 0.3) is 0 Å². The van der Waals surface area contributed by atoms with E-state index in [1.165, 1.54) is 0 Å². The van der Waals surface area contributed by atoms with Crippen molar-refractivity contribution in [1.82, 2.24) is 29.3 Å². The predicted molar refractivity (Wildman–Crippen MR) is 119 cm³/mol. The molecule has 0 atom stereocenters. The average Bonchev–Trinajstić information content (AvgIpc) is 3.46. The van der Waals surface area contributed by atoms with Gasteiger partial charge in [-0.3, -0.25) is 18.8 Å². The summed E-state index contributed by atoms with van der Waals surface area (Å²) in [4.78, 5) is 12.6. The smallest absolute Gasteiger partial charge is 0.255 e. The summed E-state index contributed by atoms with van der Waals surface area (Å²) in [5, 5.41) is 16.6. The maximum Gasteiger partial charge on any atom is 0.255 e. The molecule has 4 aromatic rings. The SMILES string of the molecule is CCn1cc(Cn2cc(NC(=O)c3ccc(Cn4nc(C)c(Cl)c4C)cc3)cn2)cn1. The Balaban J connectivity index is 1.37. The Morgan fingerprint density at radius 3 is 2.39 bits per heavy atom. The van der Waals surface area contributed by atoms with E-state index in [4.69, 9.17) is 11.6 Å². The highest BCUT2D eigenvalue weighted by atomic mass is 35.5. The molecule has 0 fully saturated rings. The summed E-state index contributed by atoms with van der Waals surface area (Å²) in [6, 6.07) is 7.46. The Morgan fingerprint density at radius 2 is 1.74 bits per heavy atom. The summed E-state index contributed by atoms with van der Waals surface area (Å²) in [6.45, 7) is 7.90. The van der Waals surface area contributed by atoms with Gasteiger partial charge in [0.05, 0.1) is 47.6 Å². The van der Waals surface area contributed by atoms with Gasteiger partial charge >= 0.3 is 0 Å². The summed E-state index contributed by atoms with van der Waals surface area (Å²) in [5.74, 6) is -0.181. The third-order valence-electron chi connectivity index (χ3n) is 5.09. The minimum atomic E-state index is -0.181. The molecule has 0 unspecified atom stereocenters. The largest absolute Gasteiger partial charge is 0.319 e. The van der Waals surface area contributed by atoms with Crippen molar-refractivity contribution in [2.75, 3.05) is 5.32 Å². The van der Waals surface area contributed by atoms with Gasteiger partial charge in [-0.2, -0.15) is 15.3 Å². The second-order valence-electron chi connectivity index (χ2n) is 7.42. The molecule has 0 radical (unpaired) electrons. The van der Waals surface area contributed by atoms with Crippen LogP contribution in [0.1, 0.15) is 39.8 Å². The third kappa shape index (κ3) is 4.69. The molecule has 1 aromatic carbocycles. The second kappa shape index (κ2) is 8.77. The molecule has 3 aromatic heterocycles. The minimum Gasteiger partial charge on any atom is -0.319 e. The first-order valence-electron chi connectivity index (χ1n) is 10.1. The Morgan fingerprint density at radius 1 is 1.00 bits per heavy atom. The van der Waals surface area contributed by atoms with E-state index in [1.54, 1.807) is 10.9 Å². The lowest BCUT2D eigenvalue weighted by Gasteiger charge is -2.07. The summed E-state index contributed by atoms with van der Waals surface area (Å²) in [5.41, 5.74) is 5.07. The van der Waals surface area contributed by atoms with Gasteiger partial charge in [0.2, 0.25) is 0 Å². The first-order valence-corrected chi connectivity index (χ1v) is 10.4. The van der Waals surface area contributed by atoms with Gasteiger partial charge in [0.25, 0.3) is 5.91 Å². The molecular weight excluding hydrogens is 414 g/mol. The number of nitrogens with one attached hydrogen (secondary N) is 1. The van der Waals surface area contributed by atoms with Crippen LogP contribution < -0.4 is 5.32 Å². The number of aromatic nitrogens is 6. The Hall–Kier alpha value is -3.39. The number of carbonyl (C=O) groups excluding carboxylic acids is 1. The van der Waals surface area contributed by atoms with Crippen LogP contribution in [0.4, 0.5) is 5.69 Å². The van der Waals surface area contributed by atoms with Gasteiger partial charge in [0.15, 0.2) is 0 Å². The molecule has 0 saturated heterocycles. The van der Waals surface area contributed by atoms with E-state index in [0.717, 1.165) is 29.1 Å². The summed E-state index contributed by atoms with van der Waals surface area (Å²) in [6.07, 6.45) is 7.26. The molecule has 0 aliphatic carbocycles. The fraction of sp³-hybridized carbons (Fsp3) is 0.273. The molecule has 1 N–H and O–H groups in total. The molecule has 0 aliphatic heterocycles. The number of amides is 1. The van der Waals surface area contributed by atoms with Gasteiger partial charge in [-0.1, -0.05) is 23.7 Å². The van der Waals surface area contributed by atoms with Crippen LogP contribution in [0.5, 0.6) is 0 Å². The third-order valence-corrected chi connectivity index (χ3v) is 5.64. The Bertz CT molecular complexity index is 1200. The van der Waals surface area contributed by atoms with E-state index in [1.807, 2.05) is 73.0 Å². The van der Waals surface area contributed by atoms with Crippen molar-refractivity contribution in [2.24, 2.45) is 0 Å². The predicted octanol–water partition coefficient (Wildman–Crippen LogP) is 3.92. The lowest BCUT2D eigenvalue weighted by atomic mass is 10.1. The van der Waals surface area contributed by atoms with Gasteiger partial charge < -0.3 is 5.32 Å². The van der Waals surface area contributed by atoms with Gasteiger partial charge in [-0.15, -0.1) is 0 Å². The van der Waals surface area contributed by atoms with Crippen molar-refractivity contribution in [3.8, 4) is 0 Å². The fourth-order valence-corrected chi connectivity index (χ4v) is 3.46. The lowest BCUT2D eigenvalue weighted by Crippen LogP contribution is -2.12. The zero-order chi connectivity index (χ0) is 22.0. The molecule has 0 saturated carbocycles. The molecular formula is C22H24ClN7O. The molecule has 0 spiro atoms. The number of aryl methyl sites for hydroxylation is 2. The van der Waals surface area contributed by atoms with Crippen LogP contribution in [-0.4, -0.2) is 35.2 Å². The molecule has 4 rings (SSSR count). The van der Waals surface area contributed by atoms with Crippen molar-refractivity contribution in [2.45, 2.75) is 40.4 Å². The maximum absolute atomic E-state index is 12.6. The molecule has 9 heteroatoms. The molecule has 3 heterocycles. The van der Waals surface area contributed by atoms with Gasteiger partial charge in [0, 0.05) is 30.1 Å². The van der Waals surface area contributed by atoms with E-state index in [-0.39, 0.29) is 5.91 Å². The highest BCUT2D eigenvalue weighted by molar-refractivity contribution is 6.31. The van der Waals surface area contributed by atoms with Gasteiger partial charge in [0.1, 0.15) is 0 Å². The molecule has 160 valence electrons. The minimum absolute atomic E-state index is 0.181. The van der Waals surface area contributed by atoms with Crippen LogP contribution in [0.15, 0.2) is 49.1 Å².